The summed E-state index contributed by atoms with van der Waals surface area (Å²) in [5, 5.41) is 6.11. The van der Waals surface area contributed by atoms with Crippen LogP contribution in [0.4, 0.5) is 5.13 Å². The lowest BCUT2D eigenvalue weighted by atomic mass is 10.1. The molecule has 1 aromatic heterocycles. The molecule has 0 fully saturated rings. The monoisotopic (exact) mass is 397 g/mol. The first kappa shape index (κ1) is 18.2. The molecule has 0 atom stereocenters. The van der Waals surface area contributed by atoms with Crippen molar-refractivity contribution in [3.05, 3.63) is 47.5 Å². The van der Waals surface area contributed by atoms with Gasteiger partial charge in [-0.2, -0.15) is 0 Å². The Bertz CT molecular complexity index is 1000. The quantitative estimate of drug-likeness (QED) is 0.704. The highest BCUT2D eigenvalue weighted by molar-refractivity contribution is 7.22. The lowest BCUT2D eigenvalue weighted by molar-refractivity contribution is 0.0941. The van der Waals surface area contributed by atoms with E-state index in [1.165, 1.54) is 11.3 Å². The van der Waals surface area contributed by atoms with Crippen LogP contribution in [0.2, 0.25) is 0 Å². The van der Waals surface area contributed by atoms with E-state index >= 15 is 0 Å². The van der Waals surface area contributed by atoms with Crippen molar-refractivity contribution in [2.75, 3.05) is 18.5 Å². The van der Waals surface area contributed by atoms with Gasteiger partial charge in [0, 0.05) is 29.3 Å². The lowest BCUT2D eigenvalue weighted by Crippen LogP contribution is -2.30. The van der Waals surface area contributed by atoms with Gasteiger partial charge in [-0.05, 0) is 38.1 Å². The molecular weight excluding hydrogens is 378 g/mol. The first-order chi connectivity index (χ1) is 13.5. The smallest absolute Gasteiger partial charge is 0.257 e. The molecule has 4 rings (SSSR count). The summed E-state index contributed by atoms with van der Waals surface area (Å²) >= 11 is 1.37. The summed E-state index contributed by atoms with van der Waals surface area (Å²) in [6.45, 7) is 4.82. The summed E-state index contributed by atoms with van der Waals surface area (Å²) in [7, 11) is 0. The average Bonchev–Trinajstić information content (AvgIpc) is 3.06. The number of fused-ring (bicyclic) bond motifs is 2. The Morgan fingerprint density at radius 3 is 2.25 bits per heavy atom. The second-order valence-corrected chi connectivity index (χ2v) is 7.67. The number of nitrogens with one attached hydrogen (secondary N) is 2. The highest BCUT2D eigenvalue weighted by Gasteiger charge is 2.16. The second kappa shape index (κ2) is 7.47. The van der Waals surface area contributed by atoms with E-state index < -0.39 is 0 Å². The minimum Gasteiger partial charge on any atom is -0.486 e. The summed E-state index contributed by atoms with van der Waals surface area (Å²) in [5.41, 5.74) is 1.70. The van der Waals surface area contributed by atoms with E-state index in [1.807, 2.05) is 26.0 Å². The number of carbonyl (C=O) groups excluding carboxylic acids is 2. The van der Waals surface area contributed by atoms with E-state index in [0.717, 1.165) is 10.2 Å². The third-order valence-corrected chi connectivity index (χ3v) is 5.04. The number of thiazole rings is 1. The second-order valence-electron chi connectivity index (χ2n) is 6.64. The van der Waals surface area contributed by atoms with Gasteiger partial charge in [0.15, 0.2) is 16.6 Å². The van der Waals surface area contributed by atoms with Crippen molar-refractivity contribution in [2.45, 2.75) is 19.9 Å². The van der Waals surface area contributed by atoms with Gasteiger partial charge in [-0.25, -0.2) is 4.98 Å². The summed E-state index contributed by atoms with van der Waals surface area (Å²) in [4.78, 5) is 29.0. The Morgan fingerprint density at radius 1 is 1.00 bits per heavy atom. The van der Waals surface area contributed by atoms with Gasteiger partial charge in [0.05, 0.1) is 10.2 Å². The molecule has 28 heavy (non-hydrogen) atoms. The van der Waals surface area contributed by atoms with E-state index in [4.69, 9.17) is 9.47 Å². The average molecular weight is 397 g/mol. The molecule has 144 valence electrons. The Hall–Kier alpha value is -3.13. The summed E-state index contributed by atoms with van der Waals surface area (Å²) < 4.78 is 12.0. The van der Waals surface area contributed by atoms with Gasteiger partial charge < -0.3 is 14.8 Å². The lowest BCUT2D eigenvalue weighted by Gasteiger charge is -2.17. The molecule has 2 heterocycles. The van der Waals surface area contributed by atoms with Crippen LogP contribution in [-0.4, -0.2) is 36.1 Å². The van der Waals surface area contributed by atoms with Gasteiger partial charge in [0.25, 0.3) is 11.8 Å². The molecular formula is C20H19N3O4S. The molecule has 0 radical (unpaired) electrons. The Morgan fingerprint density at radius 2 is 1.61 bits per heavy atom. The van der Waals surface area contributed by atoms with Crippen molar-refractivity contribution in [1.29, 1.82) is 0 Å². The summed E-state index contributed by atoms with van der Waals surface area (Å²) in [6.07, 6.45) is 0. The molecule has 7 nitrogen and oxygen atoms in total. The molecule has 1 aliphatic rings. The largest absolute Gasteiger partial charge is 0.486 e. The van der Waals surface area contributed by atoms with Crippen LogP contribution in [0.3, 0.4) is 0 Å². The predicted octanol–water partition coefficient (Wildman–Crippen LogP) is 3.46. The number of amides is 2. The zero-order valence-electron chi connectivity index (χ0n) is 15.4. The van der Waals surface area contributed by atoms with E-state index in [9.17, 15) is 9.59 Å². The molecule has 8 heteroatoms. The molecule has 1 aliphatic heterocycles. The molecule has 0 bridgehead atoms. The van der Waals surface area contributed by atoms with Crippen LogP contribution in [0, 0.1) is 0 Å². The van der Waals surface area contributed by atoms with Crippen molar-refractivity contribution < 1.29 is 19.1 Å². The van der Waals surface area contributed by atoms with Crippen molar-refractivity contribution in [3.8, 4) is 11.5 Å². The van der Waals surface area contributed by atoms with Gasteiger partial charge in [0.2, 0.25) is 0 Å². The summed E-state index contributed by atoms with van der Waals surface area (Å²) in [6, 6.07) is 10.3. The van der Waals surface area contributed by atoms with Crippen LogP contribution in [0.25, 0.3) is 10.2 Å². The maximum absolute atomic E-state index is 12.5. The molecule has 0 spiro atoms. The fraction of sp³-hybridized carbons (Fsp3) is 0.250. The highest BCUT2D eigenvalue weighted by Crippen LogP contribution is 2.37. The minimum absolute atomic E-state index is 0.0518. The number of anilines is 1. The van der Waals surface area contributed by atoms with Crippen LogP contribution < -0.4 is 20.1 Å². The third kappa shape index (κ3) is 3.77. The molecule has 2 N–H and O–H groups in total. The van der Waals surface area contributed by atoms with Gasteiger partial charge in [-0.3, -0.25) is 14.9 Å². The number of nitrogens with zero attached hydrogens (tertiary/aromatic N) is 1. The van der Waals surface area contributed by atoms with Crippen molar-refractivity contribution in [1.82, 2.24) is 10.3 Å². The number of carbonyl (C=O) groups is 2. The molecule has 2 aromatic carbocycles. The number of hydrogen-bond acceptors (Lipinski definition) is 6. The van der Waals surface area contributed by atoms with Crippen LogP contribution in [-0.2, 0) is 0 Å². The SMILES string of the molecule is CC(C)NC(=O)c1ccc(C(=O)Nc2nc3cc4c(cc3s2)OCCO4)cc1. The first-order valence-electron chi connectivity index (χ1n) is 8.92. The normalized spacial score (nSPS) is 12.8. The molecule has 2 amide bonds. The maximum atomic E-state index is 12.5. The highest BCUT2D eigenvalue weighted by atomic mass is 32.1. The van der Waals surface area contributed by atoms with Crippen LogP contribution in [0.15, 0.2) is 36.4 Å². The molecule has 0 saturated heterocycles. The van der Waals surface area contributed by atoms with Crippen LogP contribution in [0.1, 0.15) is 34.6 Å². The number of benzene rings is 2. The van der Waals surface area contributed by atoms with Crippen molar-refractivity contribution in [3.63, 3.8) is 0 Å². The van der Waals surface area contributed by atoms with E-state index in [1.54, 1.807) is 24.3 Å². The minimum atomic E-state index is -0.285. The fourth-order valence-electron chi connectivity index (χ4n) is 2.81. The van der Waals surface area contributed by atoms with Crippen LogP contribution in [0.5, 0.6) is 11.5 Å². The number of hydrogen-bond donors (Lipinski definition) is 2. The van der Waals surface area contributed by atoms with Crippen molar-refractivity contribution in [2.24, 2.45) is 0 Å². The van der Waals surface area contributed by atoms with Gasteiger partial charge >= 0.3 is 0 Å². The first-order valence-corrected chi connectivity index (χ1v) is 9.74. The maximum Gasteiger partial charge on any atom is 0.257 e. The predicted molar refractivity (Wildman–Crippen MR) is 108 cm³/mol. The fourth-order valence-corrected chi connectivity index (χ4v) is 3.68. The molecule has 3 aromatic rings. The standard InChI is InChI=1S/C20H19N3O4S/c1-11(2)21-18(24)12-3-5-13(6-4-12)19(25)23-20-22-14-9-15-16(10-17(14)28-20)27-8-7-26-15/h3-6,9-11H,7-8H2,1-2H3,(H,21,24)(H,22,23,25). The van der Waals surface area contributed by atoms with Gasteiger partial charge in [0.1, 0.15) is 13.2 Å². The van der Waals surface area contributed by atoms with Gasteiger partial charge in [-0.15, -0.1) is 0 Å². The molecule has 0 saturated carbocycles. The number of rotatable bonds is 4. The Kier molecular flexibility index (Phi) is 4.87. The van der Waals surface area contributed by atoms with E-state index in [-0.39, 0.29) is 17.9 Å². The summed E-state index contributed by atoms with van der Waals surface area (Å²) in [5.74, 6) is 0.904. The number of ether oxygens (including phenoxy) is 2. The third-order valence-electron chi connectivity index (χ3n) is 4.10. The molecule has 0 unspecified atom stereocenters. The molecule has 0 aliphatic carbocycles. The van der Waals surface area contributed by atoms with Crippen LogP contribution >= 0.6 is 11.3 Å². The van der Waals surface area contributed by atoms with Crippen molar-refractivity contribution >= 4 is 38.5 Å². The Labute approximate surface area is 165 Å². The number of aromatic nitrogens is 1. The topological polar surface area (TPSA) is 89.6 Å². The Balaban J connectivity index is 1.49. The van der Waals surface area contributed by atoms with Gasteiger partial charge in [-0.1, -0.05) is 11.3 Å². The van der Waals surface area contributed by atoms with E-state index in [2.05, 4.69) is 15.6 Å². The van der Waals surface area contributed by atoms with E-state index in [0.29, 0.717) is 41.0 Å². The zero-order valence-corrected chi connectivity index (χ0v) is 16.3. The zero-order chi connectivity index (χ0) is 19.7.